The fourth-order valence-corrected chi connectivity index (χ4v) is 4.05. The average Bonchev–Trinajstić information content (AvgIpc) is 2.27. The molecule has 0 saturated carbocycles. The van der Waals surface area contributed by atoms with Crippen molar-refractivity contribution in [2.45, 2.75) is 77.8 Å². The van der Waals surface area contributed by atoms with Gasteiger partial charge in [-0.3, -0.25) is 14.5 Å². The van der Waals surface area contributed by atoms with Gasteiger partial charge in [-0.15, -0.1) is 11.8 Å². The highest BCUT2D eigenvalue weighted by Crippen LogP contribution is 2.43. The van der Waals surface area contributed by atoms with Crippen molar-refractivity contribution in [3.63, 3.8) is 0 Å². The Bertz CT molecular complexity index is 502. The van der Waals surface area contributed by atoms with Crippen LogP contribution < -0.4 is 0 Å². The molecule has 0 aliphatic carbocycles. The third-order valence-corrected chi connectivity index (χ3v) is 4.87. The van der Waals surface area contributed by atoms with Crippen molar-refractivity contribution in [2.75, 3.05) is 0 Å². The summed E-state index contributed by atoms with van der Waals surface area (Å²) >= 11 is 1.51. The zero-order chi connectivity index (χ0) is 18.2. The van der Waals surface area contributed by atoms with E-state index in [2.05, 4.69) is 0 Å². The first kappa shape index (κ1) is 20.0. The number of ether oxygens (including phenoxy) is 1. The van der Waals surface area contributed by atoms with Crippen molar-refractivity contribution in [3.05, 3.63) is 11.6 Å². The van der Waals surface area contributed by atoms with Crippen LogP contribution in [-0.2, 0) is 14.3 Å². The van der Waals surface area contributed by atoms with E-state index in [1.165, 1.54) is 30.5 Å². The molecule has 0 unspecified atom stereocenters. The minimum Gasteiger partial charge on any atom is -0.455 e. The van der Waals surface area contributed by atoms with Crippen LogP contribution in [0.5, 0.6) is 0 Å². The zero-order valence-corrected chi connectivity index (χ0v) is 16.2. The van der Waals surface area contributed by atoms with Gasteiger partial charge >= 0.3 is 5.97 Å². The lowest BCUT2D eigenvalue weighted by molar-refractivity contribution is -0.154. The fourth-order valence-electron chi connectivity index (χ4n) is 2.61. The Balaban J connectivity index is 3.43. The predicted octanol–water partition coefficient (Wildman–Crippen LogP) is 2.93. The lowest BCUT2D eigenvalue weighted by Crippen LogP contribution is -2.56. The number of hydrogen-bond acceptors (Lipinski definition) is 5. The SMILES string of the molecule is CC(=O)O[C@@H]1C(C(C)(C)C)=C[C@@H](O)N(C(C)=O)[C@H]1SC(C)(C)C. The number of thioether (sulfide) groups is 1. The summed E-state index contributed by atoms with van der Waals surface area (Å²) < 4.78 is 5.41. The van der Waals surface area contributed by atoms with Crippen LogP contribution in [0.4, 0.5) is 0 Å². The van der Waals surface area contributed by atoms with Crippen LogP contribution in [0.1, 0.15) is 55.4 Å². The first-order valence-electron chi connectivity index (χ1n) is 7.78. The van der Waals surface area contributed by atoms with Gasteiger partial charge in [0.25, 0.3) is 0 Å². The second kappa shape index (κ2) is 6.85. The topological polar surface area (TPSA) is 66.8 Å². The van der Waals surface area contributed by atoms with Gasteiger partial charge in [-0.05, 0) is 17.1 Å². The van der Waals surface area contributed by atoms with E-state index in [1.807, 2.05) is 41.5 Å². The molecule has 0 bridgehead atoms. The predicted molar refractivity (Wildman–Crippen MR) is 92.8 cm³/mol. The largest absolute Gasteiger partial charge is 0.455 e. The van der Waals surface area contributed by atoms with E-state index in [-0.39, 0.29) is 16.1 Å². The van der Waals surface area contributed by atoms with E-state index in [4.69, 9.17) is 4.74 Å². The van der Waals surface area contributed by atoms with Crippen LogP contribution >= 0.6 is 11.8 Å². The Kier molecular flexibility index (Phi) is 5.97. The Morgan fingerprint density at radius 3 is 2.04 bits per heavy atom. The number of aliphatic hydroxyl groups excluding tert-OH is 1. The zero-order valence-electron chi connectivity index (χ0n) is 15.3. The lowest BCUT2D eigenvalue weighted by Gasteiger charge is -2.47. The molecule has 0 radical (unpaired) electrons. The molecule has 23 heavy (non-hydrogen) atoms. The summed E-state index contributed by atoms with van der Waals surface area (Å²) in [6.07, 6.45) is 0.0340. The smallest absolute Gasteiger partial charge is 0.303 e. The first-order valence-corrected chi connectivity index (χ1v) is 8.66. The third-order valence-electron chi connectivity index (χ3n) is 3.45. The van der Waals surface area contributed by atoms with E-state index in [0.29, 0.717) is 0 Å². The van der Waals surface area contributed by atoms with Gasteiger partial charge in [0, 0.05) is 18.6 Å². The summed E-state index contributed by atoms with van der Waals surface area (Å²) in [7, 11) is 0. The highest BCUT2D eigenvalue weighted by Gasteiger charge is 2.46. The van der Waals surface area contributed by atoms with Crippen molar-refractivity contribution >= 4 is 23.6 Å². The standard InChI is InChI=1S/C17H29NO4S/c1-10(19)18-13(21)9-12(16(3,4)5)14(22-11(2)20)15(18)23-17(6,7)8/h9,13-15,21H,1-8H3/t13-,14-,15+/m1/s1. The molecule has 5 nitrogen and oxygen atoms in total. The minimum absolute atomic E-state index is 0.170. The molecule has 1 N–H and O–H groups in total. The summed E-state index contributed by atoms with van der Waals surface area (Å²) in [5, 5.41) is 10.0. The molecule has 0 aromatic rings. The minimum atomic E-state index is -1.02. The van der Waals surface area contributed by atoms with E-state index in [0.717, 1.165) is 5.57 Å². The number of carbonyl (C=O) groups is 2. The van der Waals surface area contributed by atoms with Gasteiger partial charge in [-0.2, -0.15) is 0 Å². The van der Waals surface area contributed by atoms with Gasteiger partial charge < -0.3 is 9.84 Å². The highest BCUT2D eigenvalue weighted by atomic mass is 32.2. The molecule has 6 heteroatoms. The maximum Gasteiger partial charge on any atom is 0.303 e. The van der Waals surface area contributed by atoms with Gasteiger partial charge in [0.05, 0.1) is 0 Å². The highest BCUT2D eigenvalue weighted by molar-refractivity contribution is 8.01. The van der Waals surface area contributed by atoms with E-state index >= 15 is 0 Å². The van der Waals surface area contributed by atoms with Crippen LogP contribution in [0, 0.1) is 5.41 Å². The molecule has 1 aliphatic rings. The molecule has 1 aliphatic heterocycles. The van der Waals surface area contributed by atoms with Crippen molar-refractivity contribution < 1.29 is 19.4 Å². The normalized spacial score (nSPS) is 25.9. The number of hydrogen-bond donors (Lipinski definition) is 1. The molecule has 3 atom stereocenters. The second-order valence-corrected chi connectivity index (χ2v) is 9.81. The Morgan fingerprint density at radius 2 is 1.70 bits per heavy atom. The first-order chi connectivity index (χ1) is 10.2. The van der Waals surface area contributed by atoms with E-state index in [9.17, 15) is 14.7 Å². The van der Waals surface area contributed by atoms with Gasteiger partial charge in [-0.25, -0.2) is 0 Å². The molecule has 1 amide bonds. The van der Waals surface area contributed by atoms with Crippen molar-refractivity contribution in [1.29, 1.82) is 0 Å². The number of rotatable bonds is 2. The van der Waals surface area contributed by atoms with Crippen LogP contribution in [0.3, 0.4) is 0 Å². The molecule has 0 spiro atoms. The number of esters is 1. The molecule has 0 aromatic carbocycles. The van der Waals surface area contributed by atoms with Crippen molar-refractivity contribution in [2.24, 2.45) is 5.41 Å². The molecule has 132 valence electrons. The van der Waals surface area contributed by atoms with Gasteiger partial charge in [0.2, 0.25) is 5.91 Å². The Morgan fingerprint density at radius 1 is 1.17 bits per heavy atom. The van der Waals surface area contributed by atoms with Crippen LogP contribution in [0.2, 0.25) is 0 Å². The van der Waals surface area contributed by atoms with Gasteiger partial charge in [-0.1, -0.05) is 41.5 Å². The molecule has 0 aromatic heterocycles. The van der Waals surface area contributed by atoms with Crippen LogP contribution in [0.25, 0.3) is 0 Å². The Hall–Kier alpha value is -1.01. The summed E-state index contributed by atoms with van der Waals surface area (Å²) in [6, 6.07) is 0. The average molecular weight is 343 g/mol. The maximum atomic E-state index is 12.1. The summed E-state index contributed by atoms with van der Waals surface area (Å²) in [6.45, 7) is 14.9. The number of nitrogens with zero attached hydrogens (tertiary/aromatic N) is 1. The summed E-state index contributed by atoms with van der Waals surface area (Å²) in [4.78, 5) is 25.1. The van der Waals surface area contributed by atoms with Gasteiger partial charge in [0.15, 0.2) is 6.10 Å². The number of aliphatic hydroxyl groups is 1. The maximum absolute atomic E-state index is 12.1. The van der Waals surface area contributed by atoms with Crippen LogP contribution in [-0.4, -0.2) is 44.3 Å². The van der Waals surface area contributed by atoms with Crippen molar-refractivity contribution in [1.82, 2.24) is 4.90 Å². The summed E-state index contributed by atoms with van der Waals surface area (Å²) in [5.74, 6) is -0.648. The molecule has 1 rings (SSSR count). The van der Waals surface area contributed by atoms with E-state index in [1.54, 1.807) is 6.08 Å². The van der Waals surface area contributed by atoms with Crippen LogP contribution in [0.15, 0.2) is 11.6 Å². The number of amides is 1. The summed E-state index contributed by atoms with van der Waals surface area (Å²) in [5.41, 5.74) is 0.542. The molecular formula is C17H29NO4S. The molecular weight excluding hydrogens is 314 g/mol. The quantitative estimate of drug-likeness (QED) is 0.617. The molecule has 1 heterocycles. The fraction of sp³-hybridized carbons (Fsp3) is 0.765. The third kappa shape index (κ3) is 5.24. The monoisotopic (exact) mass is 343 g/mol. The molecule has 0 saturated heterocycles. The molecule has 0 fully saturated rings. The second-order valence-electron chi connectivity index (χ2n) is 7.86. The Labute approximate surface area is 143 Å². The van der Waals surface area contributed by atoms with Crippen molar-refractivity contribution in [3.8, 4) is 0 Å². The van der Waals surface area contributed by atoms with Gasteiger partial charge in [0.1, 0.15) is 11.6 Å². The lowest BCUT2D eigenvalue weighted by atomic mass is 9.80. The number of carbonyl (C=O) groups excluding carboxylic acids is 2. The van der Waals surface area contributed by atoms with E-state index < -0.39 is 23.7 Å².